The lowest BCUT2D eigenvalue weighted by atomic mass is 10.1. The van der Waals surface area contributed by atoms with Crippen molar-refractivity contribution in [1.29, 1.82) is 0 Å². The Morgan fingerprint density at radius 1 is 0.688 bits per heavy atom. The molecule has 0 amide bonds. The number of halogens is 10. The van der Waals surface area contributed by atoms with Crippen LogP contribution < -0.4 is 21.2 Å². The van der Waals surface area contributed by atoms with E-state index < -0.39 is 35.4 Å². The standard InChI is InChI=1S/C12H8I.C2F6NO4S2.CHCl3/c1-3-7-11-9(5-1)10-6-2-4-8-12(10)13-11;3-1(4,5)14(10,11)9-15(12,13)2(6,7)8;2-1(3)4/h1-8H;;1H/q+1;-1;. The molecule has 1 heterocycles. The van der Waals surface area contributed by atoms with Gasteiger partial charge in [0.1, 0.15) is 0 Å². The van der Waals surface area contributed by atoms with E-state index in [1.54, 1.807) is 7.14 Å². The molecule has 17 heteroatoms. The molecule has 0 aliphatic carbocycles. The second-order valence-corrected chi connectivity index (χ2v) is 13.5. The highest BCUT2D eigenvalue weighted by molar-refractivity contribution is 8.13. The van der Waals surface area contributed by atoms with Crippen LogP contribution in [0.3, 0.4) is 0 Å². The molecule has 2 aromatic rings. The normalized spacial score (nSPS) is 13.3. The third-order valence-electron chi connectivity index (χ3n) is 3.02. The van der Waals surface area contributed by atoms with Crippen molar-refractivity contribution in [2.75, 3.05) is 0 Å². The highest BCUT2D eigenvalue weighted by Gasteiger charge is 2.46. The largest absolute Gasteiger partial charge is 0.480 e. The SMILES string of the molecule is ClC(Cl)Cl.O=S(=O)([N-]S(=O)(=O)C(F)(F)F)C(F)(F)F.c1ccc2c(c1)[I+]c1ccccc1-2. The molecule has 0 bridgehead atoms. The summed E-state index contributed by atoms with van der Waals surface area (Å²) in [6, 6.07) is 17.6. The van der Waals surface area contributed by atoms with Crippen LogP contribution in [0, 0.1) is 7.14 Å². The Morgan fingerprint density at radius 3 is 1.25 bits per heavy atom. The van der Waals surface area contributed by atoms with E-state index in [0.29, 0.717) is 0 Å². The number of rotatable bonds is 2. The minimum atomic E-state index is -6.72. The van der Waals surface area contributed by atoms with Gasteiger partial charge in [-0.05, 0) is 24.3 Å². The van der Waals surface area contributed by atoms with Crippen molar-refractivity contribution in [3.63, 3.8) is 0 Å². The molecule has 0 radical (unpaired) electrons. The lowest BCUT2D eigenvalue weighted by Gasteiger charge is -2.22. The number of sulfonamides is 2. The van der Waals surface area contributed by atoms with E-state index in [0.717, 1.165) is 4.13 Å². The number of hydrogen-bond acceptors (Lipinski definition) is 4. The molecule has 32 heavy (non-hydrogen) atoms. The molecule has 0 N–H and O–H groups in total. The second kappa shape index (κ2) is 11.3. The number of benzene rings is 2. The monoisotopic (exact) mass is 677 g/mol. The van der Waals surface area contributed by atoms with Crippen molar-refractivity contribution in [2.24, 2.45) is 0 Å². The quantitative estimate of drug-likeness (QED) is 0.237. The molecular formula is C15H9Cl3F6INO4S2. The lowest BCUT2D eigenvalue weighted by molar-refractivity contribution is -0.589. The summed E-state index contributed by atoms with van der Waals surface area (Å²) in [7, 11) is -13.4. The van der Waals surface area contributed by atoms with E-state index >= 15 is 0 Å². The van der Waals surface area contributed by atoms with Gasteiger partial charge in [-0.25, -0.2) is 16.8 Å². The van der Waals surface area contributed by atoms with Gasteiger partial charge in [-0.15, -0.1) is 0 Å². The van der Waals surface area contributed by atoms with Crippen LogP contribution in [-0.2, 0) is 20.0 Å². The van der Waals surface area contributed by atoms with E-state index in [-0.39, 0.29) is 21.2 Å². The van der Waals surface area contributed by atoms with Crippen LogP contribution in [0.1, 0.15) is 0 Å². The Morgan fingerprint density at radius 2 is 0.969 bits per heavy atom. The van der Waals surface area contributed by atoms with Gasteiger partial charge >= 0.3 is 32.2 Å². The van der Waals surface area contributed by atoms with Gasteiger partial charge in [0.05, 0.1) is 0 Å². The third kappa shape index (κ3) is 8.36. The molecule has 180 valence electrons. The van der Waals surface area contributed by atoms with Gasteiger partial charge in [-0.1, -0.05) is 59.1 Å². The van der Waals surface area contributed by atoms with Crippen LogP contribution in [0.25, 0.3) is 15.3 Å². The molecule has 0 fully saturated rings. The first kappa shape index (κ1) is 29.5. The molecule has 3 rings (SSSR count). The summed E-state index contributed by atoms with van der Waals surface area (Å²) in [6.45, 7) is 0. The first-order valence-electron chi connectivity index (χ1n) is 7.51. The van der Waals surface area contributed by atoms with E-state index in [9.17, 15) is 43.2 Å². The van der Waals surface area contributed by atoms with Gasteiger partial charge in [-0.3, -0.25) is 0 Å². The topological polar surface area (TPSA) is 82.4 Å². The fraction of sp³-hybridized carbons (Fsp3) is 0.200. The molecule has 0 saturated carbocycles. The Kier molecular flexibility index (Phi) is 10.4. The molecule has 0 saturated heterocycles. The van der Waals surface area contributed by atoms with Crippen LogP contribution in [0.2, 0.25) is 0 Å². The second-order valence-electron chi connectivity index (χ2n) is 5.22. The summed E-state index contributed by atoms with van der Waals surface area (Å²) in [4.78, 5) is 0. The van der Waals surface area contributed by atoms with E-state index in [4.69, 9.17) is 34.8 Å². The molecule has 2 aromatic carbocycles. The van der Waals surface area contributed by atoms with Gasteiger partial charge in [0.2, 0.25) is 7.14 Å². The van der Waals surface area contributed by atoms with Crippen LogP contribution >= 0.6 is 34.8 Å². The summed E-state index contributed by atoms with van der Waals surface area (Å²) in [5, 5.41) is 0. The predicted molar refractivity (Wildman–Crippen MR) is 104 cm³/mol. The first-order chi connectivity index (χ1) is 14.4. The molecule has 0 spiro atoms. The van der Waals surface area contributed by atoms with E-state index in [1.807, 2.05) is 0 Å². The first-order valence-corrected chi connectivity index (χ1v) is 13.9. The molecule has 1 aliphatic rings. The fourth-order valence-corrected chi connectivity index (χ4v) is 6.48. The van der Waals surface area contributed by atoms with Gasteiger partial charge in [0.25, 0.3) is 0 Å². The Labute approximate surface area is 204 Å². The number of hydrogen-bond donors (Lipinski definition) is 0. The summed E-state index contributed by atoms with van der Waals surface area (Å²) < 4.78 is 112. The van der Waals surface area contributed by atoms with Crippen molar-refractivity contribution in [3.8, 4) is 11.1 Å². The third-order valence-corrected chi connectivity index (χ3v) is 8.81. The fourth-order valence-electron chi connectivity index (χ4n) is 1.85. The maximum atomic E-state index is 11.4. The zero-order chi connectivity index (χ0) is 25.0. The summed E-state index contributed by atoms with van der Waals surface area (Å²) in [5.41, 5.74) is -9.48. The van der Waals surface area contributed by atoms with Gasteiger partial charge in [-0.2, -0.15) is 26.3 Å². The summed E-state index contributed by atoms with van der Waals surface area (Å²) in [6.07, 6.45) is 0. The Bertz CT molecular complexity index is 1050. The number of fused-ring (bicyclic) bond motifs is 3. The highest BCUT2D eigenvalue weighted by atomic mass is 127. The molecule has 0 atom stereocenters. The molecule has 0 aromatic heterocycles. The number of nitrogens with zero attached hydrogens (tertiary/aromatic N) is 1. The van der Waals surface area contributed by atoms with Crippen molar-refractivity contribution >= 4 is 54.8 Å². The Hall–Kier alpha value is -0.520. The van der Waals surface area contributed by atoms with Crippen LogP contribution in [0.5, 0.6) is 0 Å². The minimum absolute atomic E-state index is 0.103. The number of alkyl halides is 9. The molecule has 5 nitrogen and oxygen atoms in total. The molecule has 0 unspecified atom stereocenters. The van der Waals surface area contributed by atoms with Crippen molar-refractivity contribution in [1.82, 2.24) is 0 Å². The minimum Gasteiger partial charge on any atom is -0.421 e. The predicted octanol–water partition coefficient (Wildman–Crippen LogP) is 2.84. The zero-order valence-corrected chi connectivity index (χ0v) is 20.9. The molecule has 1 aliphatic heterocycles. The molecular weight excluding hydrogens is 670 g/mol. The smallest absolute Gasteiger partial charge is 0.421 e. The summed E-state index contributed by atoms with van der Waals surface area (Å²) >= 11 is 14.5. The van der Waals surface area contributed by atoms with E-state index in [1.165, 1.54) is 11.1 Å². The highest BCUT2D eigenvalue weighted by Crippen LogP contribution is 2.36. The van der Waals surface area contributed by atoms with Crippen LogP contribution in [-0.4, -0.2) is 32.1 Å². The van der Waals surface area contributed by atoms with Crippen LogP contribution in [0.15, 0.2) is 48.5 Å². The van der Waals surface area contributed by atoms with Crippen molar-refractivity contribution in [3.05, 3.63) is 59.8 Å². The lowest BCUT2D eigenvalue weighted by Crippen LogP contribution is -3.61. The maximum Gasteiger partial charge on any atom is 0.480 e. The maximum absolute atomic E-state index is 11.4. The average Bonchev–Trinajstić information content (AvgIpc) is 2.97. The van der Waals surface area contributed by atoms with Gasteiger partial charge < -0.3 is 4.13 Å². The zero-order valence-electron chi connectivity index (χ0n) is 14.9. The Balaban J connectivity index is 0.000000275. The van der Waals surface area contributed by atoms with Gasteiger partial charge in [0, 0.05) is 11.1 Å². The summed E-state index contributed by atoms with van der Waals surface area (Å²) in [5.74, 6) is 0. The van der Waals surface area contributed by atoms with Gasteiger partial charge in [0.15, 0.2) is 24.3 Å². The van der Waals surface area contributed by atoms with E-state index in [2.05, 4.69) is 48.5 Å². The van der Waals surface area contributed by atoms with Crippen LogP contribution in [0.4, 0.5) is 26.3 Å². The van der Waals surface area contributed by atoms with Crippen molar-refractivity contribution in [2.45, 2.75) is 15.3 Å². The van der Waals surface area contributed by atoms with Crippen molar-refractivity contribution < 1.29 is 64.4 Å². The average molecular weight is 679 g/mol.